The summed E-state index contributed by atoms with van der Waals surface area (Å²) >= 11 is 0. The summed E-state index contributed by atoms with van der Waals surface area (Å²) in [5, 5.41) is 3.23. The molecule has 12 heteroatoms. The van der Waals surface area contributed by atoms with Crippen molar-refractivity contribution >= 4 is 23.5 Å². The Bertz CT molecular complexity index is 1670. The molecular formula is C36H44N6O6. The van der Waals surface area contributed by atoms with Crippen LogP contribution in [0.4, 0.5) is 22.2 Å². The molecule has 1 fully saturated rings. The molecule has 254 valence electrons. The van der Waals surface area contributed by atoms with Gasteiger partial charge < -0.3 is 33.9 Å². The van der Waals surface area contributed by atoms with E-state index in [2.05, 4.69) is 27.1 Å². The van der Waals surface area contributed by atoms with Gasteiger partial charge in [-0.3, -0.25) is 9.80 Å². The smallest absolute Gasteiger partial charge is 0.421 e. The van der Waals surface area contributed by atoms with Crippen LogP contribution in [0, 0.1) is 13.8 Å². The molecule has 1 amide bonds. The number of nitrogens with zero attached hydrogens (tertiary/aromatic N) is 5. The maximum atomic E-state index is 13.9. The van der Waals surface area contributed by atoms with Crippen LogP contribution in [-0.4, -0.2) is 93.6 Å². The van der Waals surface area contributed by atoms with Gasteiger partial charge in [0.15, 0.2) is 11.5 Å². The van der Waals surface area contributed by atoms with Gasteiger partial charge in [-0.25, -0.2) is 9.78 Å². The molecule has 1 saturated heterocycles. The van der Waals surface area contributed by atoms with E-state index in [9.17, 15) is 4.79 Å². The van der Waals surface area contributed by atoms with E-state index in [0.717, 1.165) is 43.9 Å². The van der Waals surface area contributed by atoms with Crippen molar-refractivity contribution in [2.45, 2.75) is 20.4 Å². The van der Waals surface area contributed by atoms with Gasteiger partial charge in [0.25, 0.3) is 0 Å². The fourth-order valence-corrected chi connectivity index (χ4v) is 5.43. The summed E-state index contributed by atoms with van der Waals surface area (Å²) in [4.78, 5) is 29.2. The normalized spacial score (nSPS) is 13.5. The number of ether oxygens (including phenoxy) is 5. The van der Waals surface area contributed by atoms with Gasteiger partial charge in [-0.1, -0.05) is 18.2 Å². The molecule has 0 spiro atoms. The number of methoxy groups -OCH3 is 3. The topological polar surface area (TPSA) is 111 Å². The number of hydrogen-bond donors (Lipinski definition) is 1. The van der Waals surface area contributed by atoms with Gasteiger partial charge in [-0.05, 0) is 68.4 Å². The monoisotopic (exact) mass is 656 g/mol. The minimum absolute atomic E-state index is 0.0918. The van der Waals surface area contributed by atoms with Crippen molar-refractivity contribution in [2.24, 2.45) is 0 Å². The van der Waals surface area contributed by atoms with Crippen LogP contribution in [0.15, 0.2) is 66.9 Å². The third-order valence-electron chi connectivity index (χ3n) is 8.23. The standard InChI is InChI=1S/C36H44N6O6/c1-25-8-7-9-26(2)34(25)48-36(43)42(24-27-22-29(44-4)11-13-30(27)45-5)33-14-15-37-35(39-33)38-28-10-12-31(32(23-28)46-6)47-21-20-41-18-16-40(3)17-19-41/h7-15,22-23H,16-21,24H2,1-6H3,(H,37,38,39). The molecule has 3 aromatic carbocycles. The summed E-state index contributed by atoms with van der Waals surface area (Å²) in [6.45, 7) is 9.49. The fourth-order valence-electron chi connectivity index (χ4n) is 5.43. The van der Waals surface area contributed by atoms with E-state index >= 15 is 0 Å². The van der Waals surface area contributed by atoms with Crippen molar-refractivity contribution in [3.05, 3.63) is 83.6 Å². The lowest BCUT2D eigenvalue weighted by Crippen LogP contribution is -2.45. The molecule has 48 heavy (non-hydrogen) atoms. The zero-order valence-electron chi connectivity index (χ0n) is 28.5. The van der Waals surface area contributed by atoms with E-state index < -0.39 is 6.09 Å². The highest BCUT2D eigenvalue weighted by atomic mass is 16.6. The molecule has 0 radical (unpaired) electrons. The van der Waals surface area contributed by atoms with Gasteiger partial charge in [0.2, 0.25) is 5.95 Å². The first-order valence-electron chi connectivity index (χ1n) is 15.9. The number of likely N-dealkylation sites (N-methyl/N-ethyl adjacent to an activating group) is 1. The van der Waals surface area contributed by atoms with Crippen LogP contribution in [0.5, 0.6) is 28.7 Å². The number of piperazine rings is 1. The molecule has 1 aromatic heterocycles. The number of anilines is 3. The fraction of sp³-hybridized carbons (Fsp3) is 0.361. The van der Waals surface area contributed by atoms with Crippen LogP contribution < -0.4 is 33.9 Å². The highest BCUT2D eigenvalue weighted by molar-refractivity contribution is 5.88. The number of rotatable bonds is 13. The number of carbonyl (C=O) groups is 1. The van der Waals surface area contributed by atoms with E-state index in [1.165, 1.54) is 4.90 Å². The van der Waals surface area contributed by atoms with Gasteiger partial charge >= 0.3 is 6.09 Å². The maximum absolute atomic E-state index is 13.9. The average molecular weight is 657 g/mol. The molecule has 0 saturated carbocycles. The van der Waals surface area contributed by atoms with Gasteiger partial charge in [0.05, 0.1) is 27.9 Å². The summed E-state index contributed by atoms with van der Waals surface area (Å²) in [6, 6.07) is 18.3. The van der Waals surface area contributed by atoms with Crippen molar-refractivity contribution < 1.29 is 28.5 Å². The molecular weight excluding hydrogens is 612 g/mol. The van der Waals surface area contributed by atoms with E-state index in [0.29, 0.717) is 52.4 Å². The van der Waals surface area contributed by atoms with Crippen LogP contribution in [0.1, 0.15) is 16.7 Å². The maximum Gasteiger partial charge on any atom is 0.421 e. The molecule has 2 heterocycles. The number of aryl methyl sites for hydroxylation is 2. The number of aromatic nitrogens is 2. The zero-order valence-corrected chi connectivity index (χ0v) is 28.5. The first-order chi connectivity index (χ1) is 23.3. The van der Waals surface area contributed by atoms with Crippen molar-refractivity contribution in [2.75, 3.05) is 77.9 Å². The second-order valence-corrected chi connectivity index (χ2v) is 11.6. The Morgan fingerprint density at radius 3 is 2.31 bits per heavy atom. The highest BCUT2D eigenvalue weighted by Gasteiger charge is 2.24. The molecule has 0 unspecified atom stereocenters. The van der Waals surface area contributed by atoms with Crippen LogP contribution in [0.25, 0.3) is 0 Å². The Balaban J connectivity index is 1.36. The number of benzene rings is 3. The summed E-state index contributed by atoms with van der Waals surface area (Å²) in [5.74, 6) is 3.55. The Morgan fingerprint density at radius 2 is 1.60 bits per heavy atom. The Labute approximate surface area is 282 Å². The van der Waals surface area contributed by atoms with E-state index in [4.69, 9.17) is 28.7 Å². The van der Waals surface area contributed by atoms with Crippen LogP contribution in [0.2, 0.25) is 0 Å². The van der Waals surface area contributed by atoms with Crippen molar-refractivity contribution in [3.8, 4) is 28.7 Å². The summed E-state index contributed by atoms with van der Waals surface area (Å²) in [5.41, 5.74) is 3.08. The summed E-state index contributed by atoms with van der Waals surface area (Å²) < 4.78 is 28.7. The molecule has 1 aliphatic rings. The number of hydrogen-bond acceptors (Lipinski definition) is 11. The lowest BCUT2D eigenvalue weighted by atomic mass is 10.1. The van der Waals surface area contributed by atoms with Crippen LogP contribution >= 0.6 is 0 Å². The third-order valence-corrected chi connectivity index (χ3v) is 8.23. The lowest BCUT2D eigenvalue weighted by Gasteiger charge is -2.32. The quantitative estimate of drug-likeness (QED) is 0.192. The van der Waals surface area contributed by atoms with Crippen molar-refractivity contribution in [1.29, 1.82) is 0 Å². The molecule has 12 nitrogen and oxygen atoms in total. The molecule has 0 aliphatic carbocycles. The predicted molar refractivity (Wildman–Crippen MR) is 185 cm³/mol. The number of para-hydroxylation sites is 1. The molecule has 0 bridgehead atoms. The second-order valence-electron chi connectivity index (χ2n) is 11.6. The number of nitrogens with one attached hydrogen (secondary N) is 1. The van der Waals surface area contributed by atoms with E-state index in [1.54, 1.807) is 45.7 Å². The minimum atomic E-state index is -0.610. The molecule has 4 aromatic rings. The number of carbonyl (C=O) groups excluding carboxylic acids is 1. The average Bonchev–Trinajstić information content (AvgIpc) is 3.10. The van der Waals surface area contributed by atoms with Gasteiger partial charge in [0.1, 0.15) is 29.7 Å². The van der Waals surface area contributed by atoms with Crippen molar-refractivity contribution in [1.82, 2.24) is 19.8 Å². The first-order valence-corrected chi connectivity index (χ1v) is 15.9. The SMILES string of the molecule is COc1ccc(OC)c(CN(C(=O)Oc2c(C)cccc2C)c2ccnc(Nc3ccc(OCCN4CCN(C)CC4)c(OC)c3)n2)c1. The predicted octanol–water partition coefficient (Wildman–Crippen LogP) is 5.69. The Hall–Kier alpha value is -5.07. The van der Waals surface area contributed by atoms with Gasteiger partial charge in [0, 0.05) is 56.2 Å². The largest absolute Gasteiger partial charge is 0.497 e. The third kappa shape index (κ3) is 8.64. The number of amides is 1. The van der Waals surface area contributed by atoms with Crippen molar-refractivity contribution in [3.63, 3.8) is 0 Å². The van der Waals surface area contributed by atoms with Gasteiger partial charge in [-0.2, -0.15) is 4.98 Å². The minimum Gasteiger partial charge on any atom is -0.497 e. The van der Waals surface area contributed by atoms with Crippen LogP contribution in [0.3, 0.4) is 0 Å². The zero-order chi connectivity index (χ0) is 34.0. The summed E-state index contributed by atoms with van der Waals surface area (Å²) in [6.07, 6.45) is 0.974. The molecule has 1 N–H and O–H groups in total. The lowest BCUT2D eigenvalue weighted by molar-refractivity contribution is 0.133. The second kappa shape index (κ2) is 16.2. The van der Waals surface area contributed by atoms with E-state index in [-0.39, 0.29) is 12.5 Å². The first kappa shape index (κ1) is 34.3. The van der Waals surface area contributed by atoms with E-state index in [1.807, 2.05) is 56.3 Å². The molecule has 5 rings (SSSR count). The Morgan fingerprint density at radius 1 is 0.875 bits per heavy atom. The Kier molecular flexibility index (Phi) is 11.5. The van der Waals surface area contributed by atoms with Crippen LogP contribution in [-0.2, 0) is 6.54 Å². The summed E-state index contributed by atoms with van der Waals surface area (Å²) in [7, 11) is 6.92. The van der Waals surface area contributed by atoms with Gasteiger partial charge in [-0.15, -0.1) is 0 Å². The molecule has 0 atom stereocenters. The molecule has 1 aliphatic heterocycles. The highest BCUT2D eigenvalue weighted by Crippen LogP contribution is 2.32.